The van der Waals surface area contributed by atoms with Gasteiger partial charge in [-0.25, -0.2) is 18.4 Å². The Morgan fingerprint density at radius 2 is 1.56 bits per heavy atom. The van der Waals surface area contributed by atoms with Gasteiger partial charge in [-0.1, -0.05) is 38.1 Å². The van der Waals surface area contributed by atoms with Crippen molar-refractivity contribution in [2.45, 2.75) is 31.2 Å². The Balaban J connectivity index is 1.53. The van der Waals surface area contributed by atoms with Crippen molar-refractivity contribution < 1.29 is 32.3 Å². The maximum Gasteiger partial charge on any atom is 0.330 e. The monoisotopic (exact) mass is 487 g/mol. The van der Waals surface area contributed by atoms with Gasteiger partial charge in [0.05, 0.1) is 16.0 Å². The van der Waals surface area contributed by atoms with Crippen molar-refractivity contribution in [2.24, 2.45) is 11.1 Å². The molecule has 10 nitrogen and oxygen atoms in total. The van der Waals surface area contributed by atoms with Gasteiger partial charge >= 0.3 is 5.97 Å². The molecule has 0 spiro atoms. The SMILES string of the molecule is CC(C)[C@@H](C(=O)OCC(=O)NCCc1ccc(S(N)(=O)=O)cc1)N1C(=O)c2ccccc2C1=O. The Kier molecular flexibility index (Phi) is 7.48. The van der Waals surface area contributed by atoms with Crippen LogP contribution in [0.5, 0.6) is 0 Å². The molecule has 34 heavy (non-hydrogen) atoms. The summed E-state index contributed by atoms with van der Waals surface area (Å²) in [6.45, 7) is 3.00. The molecule has 3 amide bonds. The Morgan fingerprint density at radius 1 is 1.00 bits per heavy atom. The lowest BCUT2D eigenvalue weighted by atomic mass is 10.0. The van der Waals surface area contributed by atoms with E-state index in [-0.39, 0.29) is 22.6 Å². The number of rotatable bonds is 9. The summed E-state index contributed by atoms with van der Waals surface area (Å²) in [5.74, 6) is -2.99. The number of benzene rings is 2. The highest BCUT2D eigenvalue weighted by atomic mass is 32.2. The molecule has 0 radical (unpaired) electrons. The van der Waals surface area contributed by atoms with Gasteiger partial charge < -0.3 is 10.1 Å². The number of carbonyl (C=O) groups excluding carboxylic acids is 4. The molecule has 0 fully saturated rings. The van der Waals surface area contributed by atoms with E-state index in [2.05, 4.69) is 5.32 Å². The summed E-state index contributed by atoms with van der Waals surface area (Å²) in [5, 5.41) is 7.65. The normalized spacial score (nSPS) is 14.2. The molecule has 0 saturated heterocycles. The van der Waals surface area contributed by atoms with Crippen LogP contribution < -0.4 is 10.5 Å². The van der Waals surface area contributed by atoms with E-state index >= 15 is 0 Å². The van der Waals surface area contributed by atoms with Gasteiger partial charge in [-0.15, -0.1) is 0 Å². The van der Waals surface area contributed by atoms with Crippen molar-refractivity contribution in [3.8, 4) is 0 Å². The molecule has 0 aromatic heterocycles. The molecule has 0 saturated carbocycles. The fourth-order valence-electron chi connectivity index (χ4n) is 3.60. The second-order valence-corrected chi connectivity index (χ2v) is 9.67. The second-order valence-electron chi connectivity index (χ2n) is 8.11. The highest BCUT2D eigenvalue weighted by Crippen LogP contribution is 2.27. The van der Waals surface area contributed by atoms with E-state index in [9.17, 15) is 27.6 Å². The third kappa shape index (κ3) is 5.49. The van der Waals surface area contributed by atoms with Gasteiger partial charge in [-0.2, -0.15) is 0 Å². The number of hydrogen-bond donors (Lipinski definition) is 2. The summed E-state index contributed by atoms with van der Waals surface area (Å²) in [5.41, 5.74) is 1.22. The first-order valence-electron chi connectivity index (χ1n) is 10.5. The van der Waals surface area contributed by atoms with Crippen LogP contribution in [0.25, 0.3) is 0 Å². The molecule has 0 aliphatic carbocycles. The van der Waals surface area contributed by atoms with Crippen LogP contribution in [-0.4, -0.2) is 56.2 Å². The molecule has 1 aliphatic heterocycles. The number of nitrogens with two attached hydrogens (primary N) is 1. The van der Waals surface area contributed by atoms with Gasteiger partial charge in [-0.05, 0) is 42.2 Å². The molecule has 1 aliphatic rings. The van der Waals surface area contributed by atoms with Gasteiger partial charge in [0.15, 0.2) is 6.61 Å². The summed E-state index contributed by atoms with van der Waals surface area (Å²) in [6, 6.07) is 11.1. The number of hydrogen-bond acceptors (Lipinski definition) is 7. The maximum atomic E-state index is 12.7. The molecule has 180 valence electrons. The molecule has 1 atom stereocenters. The molecule has 11 heteroatoms. The average Bonchev–Trinajstić information content (AvgIpc) is 3.03. The summed E-state index contributed by atoms with van der Waals surface area (Å²) in [6.07, 6.45) is 0.411. The fraction of sp³-hybridized carbons (Fsp3) is 0.304. The van der Waals surface area contributed by atoms with Crippen LogP contribution in [0.4, 0.5) is 0 Å². The van der Waals surface area contributed by atoms with Crippen LogP contribution in [0.1, 0.15) is 40.1 Å². The summed E-state index contributed by atoms with van der Waals surface area (Å²) in [4.78, 5) is 51.2. The minimum atomic E-state index is -3.77. The smallest absolute Gasteiger partial charge is 0.330 e. The zero-order chi connectivity index (χ0) is 25.0. The van der Waals surface area contributed by atoms with E-state index in [0.29, 0.717) is 6.42 Å². The van der Waals surface area contributed by atoms with Crippen molar-refractivity contribution in [3.05, 3.63) is 65.2 Å². The minimum absolute atomic E-state index is 0.00929. The van der Waals surface area contributed by atoms with Crippen molar-refractivity contribution in [1.82, 2.24) is 10.2 Å². The minimum Gasteiger partial charge on any atom is -0.454 e. The van der Waals surface area contributed by atoms with Crippen molar-refractivity contribution >= 4 is 33.7 Å². The van der Waals surface area contributed by atoms with Gasteiger partial charge in [0.25, 0.3) is 17.7 Å². The lowest BCUT2D eigenvalue weighted by molar-refractivity contribution is -0.153. The number of nitrogens with one attached hydrogen (secondary N) is 1. The molecule has 3 rings (SSSR count). The molecular formula is C23H25N3O7S. The van der Waals surface area contributed by atoms with E-state index in [1.807, 2.05) is 0 Å². The summed E-state index contributed by atoms with van der Waals surface area (Å²) < 4.78 is 27.7. The first-order chi connectivity index (χ1) is 16.0. The largest absolute Gasteiger partial charge is 0.454 e. The van der Waals surface area contributed by atoms with E-state index in [0.717, 1.165) is 10.5 Å². The maximum absolute atomic E-state index is 12.7. The van der Waals surface area contributed by atoms with E-state index in [4.69, 9.17) is 9.88 Å². The molecule has 3 N–H and O–H groups in total. The first kappa shape index (κ1) is 25.1. The molecule has 2 aromatic rings. The molecule has 0 bridgehead atoms. The fourth-order valence-corrected chi connectivity index (χ4v) is 4.12. The van der Waals surface area contributed by atoms with Crippen LogP contribution in [0.3, 0.4) is 0 Å². The van der Waals surface area contributed by atoms with Crippen LogP contribution in [0, 0.1) is 5.92 Å². The third-order valence-electron chi connectivity index (χ3n) is 5.31. The Bertz CT molecular complexity index is 1190. The third-order valence-corrected chi connectivity index (χ3v) is 6.24. The highest BCUT2D eigenvalue weighted by molar-refractivity contribution is 7.89. The Hall–Kier alpha value is -3.57. The van der Waals surface area contributed by atoms with Crippen LogP contribution in [0.15, 0.2) is 53.4 Å². The topological polar surface area (TPSA) is 153 Å². The number of nitrogens with zero attached hydrogens (tertiary/aromatic N) is 1. The molecular weight excluding hydrogens is 462 g/mol. The van der Waals surface area contributed by atoms with Gasteiger partial charge in [0, 0.05) is 6.54 Å². The lowest BCUT2D eigenvalue weighted by Crippen LogP contribution is -2.49. The lowest BCUT2D eigenvalue weighted by Gasteiger charge is -2.27. The molecule has 1 heterocycles. The first-order valence-corrected chi connectivity index (χ1v) is 12.1. The Labute approximate surface area is 197 Å². The molecule has 2 aromatic carbocycles. The number of fused-ring (bicyclic) bond motifs is 1. The zero-order valence-corrected chi connectivity index (χ0v) is 19.5. The standard InChI is InChI=1S/C23H25N3O7S/c1-14(2)20(26-21(28)17-5-3-4-6-18(17)22(26)29)23(30)33-13-19(27)25-12-11-15-7-9-16(10-8-15)34(24,31)32/h3-10,14,20H,11-13H2,1-2H3,(H,25,27)(H2,24,31,32)/t20-/m0/s1. The predicted molar refractivity (Wildman–Crippen MR) is 121 cm³/mol. The number of carbonyl (C=O) groups is 4. The molecule has 0 unspecified atom stereocenters. The van der Waals surface area contributed by atoms with E-state index in [1.165, 1.54) is 24.3 Å². The number of esters is 1. The van der Waals surface area contributed by atoms with Crippen LogP contribution in [-0.2, 0) is 30.8 Å². The summed E-state index contributed by atoms with van der Waals surface area (Å²) >= 11 is 0. The van der Waals surface area contributed by atoms with Crippen molar-refractivity contribution in [1.29, 1.82) is 0 Å². The van der Waals surface area contributed by atoms with Gasteiger partial charge in [0.1, 0.15) is 6.04 Å². The second kappa shape index (κ2) is 10.1. The number of sulfonamides is 1. The van der Waals surface area contributed by atoms with Crippen molar-refractivity contribution in [3.63, 3.8) is 0 Å². The van der Waals surface area contributed by atoms with E-state index < -0.39 is 52.3 Å². The van der Waals surface area contributed by atoms with Gasteiger partial charge in [-0.3, -0.25) is 19.3 Å². The van der Waals surface area contributed by atoms with Crippen LogP contribution in [0.2, 0.25) is 0 Å². The number of amides is 3. The number of ether oxygens (including phenoxy) is 1. The van der Waals surface area contributed by atoms with Gasteiger partial charge in [0.2, 0.25) is 10.0 Å². The van der Waals surface area contributed by atoms with Crippen LogP contribution >= 0.6 is 0 Å². The van der Waals surface area contributed by atoms with E-state index in [1.54, 1.807) is 38.1 Å². The summed E-state index contributed by atoms with van der Waals surface area (Å²) in [7, 11) is -3.77. The zero-order valence-electron chi connectivity index (χ0n) is 18.7. The average molecular weight is 488 g/mol. The highest BCUT2D eigenvalue weighted by Gasteiger charge is 2.44. The predicted octanol–water partition coefficient (Wildman–Crippen LogP) is 0.857. The Morgan fingerprint density at radius 3 is 2.06 bits per heavy atom. The quantitative estimate of drug-likeness (QED) is 0.393. The number of imide groups is 1. The number of primary sulfonamides is 1. The van der Waals surface area contributed by atoms with Crippen molar-refractivity contribution in [2.75, 3.05) is 13.2 Å².